The number of halogens is 2. The molecule has 0 radical (unpaired) electrons. The van der Waals surface area contributed by atoms with Crippen molar-refractivity contribution in [2.24, 2.45) is 0 Å². The molecule has 0 bridgehead atoms. The number of benzene rings is 3. The van der Waals surface area contributed by atoms with Crippen LogP contribution in [0.1, 0.15) is 5.56 Å². The van der Waals surface area contributed by atoms with E-state index < -0.39 is 11.8 Å². The number of hydrogen-bond acceptors (Lipinski definition) is 6. The fourth-order valence-electron chi connectivity index (χ4n) is 3.38. The number of hydrogen-bond donors (Lipinski definition) is 1. The number of thioether (sulfide) groups is 1. The zero-order valence-corrected chi connectivity index (χ0v) is 20.8. The molecule has 0 saturated carbocycles. The van der Waals surface area contributed by atoms with Crippen molar-refractivity contribution in [2.75, 3.05) is 24.4 Å². The average molecular weight is 515 g/mol. The minimum atomic E-state index is -0.532. The van der Waals surface area contributed by atoms with Gasteiger partial charge in [0.1, 0.15) is 22.1 Å². The van der Waals surface area contributed by atoms with Gasteiger partial charge in [-0.05, 0) is 49.4 Å². The van der Waals surface area contributed by atoms with Crippen molar-refractivity contribution < 1.29 is 19.1 Å². The van der Waals surface area contributed by atoms with Gasteiger partial charge >= 0.3 is 0 Å². The molecule has 4 rings (SSSR count). The third-order valence-corrected chi connectivity index (χ3v) is 6.58. The highest BCUT2D eigenvalue weighted by atomic mass is 35.5. The third-order valence-electron chi connectivity index (χ3n) is 5.06. The Morgan fingerprint density at radius 3 is 2.15 bits per heavy atom. The summed E-state index contributed by atoms with van der Waals surface area (Å²) in [5, 5.41) is 3.73. The van der Waals surface area contributed by atoms with Crippen LogP contribution in [0.15, 0.2) is 76.2 Å². The SMILES string of the molecule is COc1ccc(NC2=C(Sc3ccc(C)cc3)C(=O)N(c3cc(Cl)cc(Cl)c3)C2=O)c(OC)c1. The predicted octanol–water partition coefficient (Wildman–Crippen LogP) is 6.31. The smallest absolute Gasteiger partial charge is 0.283 e. The Labute approximate surface area is 211 Å². The quantitative estimate of drug-likeness (QED) is 0.372. The number of nitrogens with one attached hydrogen (secondary N) is 1. The molecule has 0 aromatic heterocycles. The summed E-state index contributed by atoms with van der Waals surface area (Å²) >= 11 is 13.5. The Morgan fingerprint density at radius 2 is 1.53 bits per heavy atom. The number of methoxy groups -OCH3 is 2. The van der Waals surface area contributed by atoms with Crippen molar-refractivity contribution in [1.82, 2.24) is 0 Å². The van der Waals surface area contributed by atoms with Crippen molar-refractivity contribution in [3.8, 4) is 11.5 Å². The molecule has 1 aliphatic rings. The molecular formula is C25H20Cl2N2O4S. The number of nitrogens with zero attached hydrogens (tertiary/aromatic N) is 1. The van der Waals surface area contributed by atoms with E-state index >= 15 is 0 Å². The van der Waals surface area contributed by atoms with E-state index in [1.807, 2.05) is 31.2 Å². The highest BCUT2D eigenvalue weighted by Crippen LogP contribution is 2.40. The summed E-state index contributed by atoms with van der Waals surface area (Å²) in [4.78, 5) is 29.2. The van der Waals surface area contributed by atoms with Crippen molar-refractivity contribution >= 4 is 58.2 Å². The molecular weight excluding hydrogens is 495 g/mol. The first kappa shape index (κ1) is 24.0. The second-order valence-electron chi connectivity index (χ2n) is 7.38. The average Bonchev–Trinajstić information content (AvgIpc) is 3.04. The Balaban J connectivity index is 1.78. The number of anilines is 2. The van der Waals surface area contributed by atoms with Gasteiger partial charge in [-0.1, -0.05) is 52.7 Å². The first-order chi connectivity index (χ1) is 16.3. The van der Waals surface area contributed by atoms with Gasteiger partial charge in [0.05, 0.1) is 25.6 Å². The standard InChI is InChI=1S/C25H20Cl2N2O4S/c1-14-4-7-19(8-5-14)34-23-22(28-20-9-6-18(32-2)13-21(20)33-3)24(30)29(25(23)31)17-11-15(26)10-16(27)12-17/h4-13,28H,1-3H3. The summed E-state index contributed by atoms with van der Waals surface area (Å²) in [7, 11) is 3.06. The molecule has 3 aromatic carbocycles. The lowest BCUT2D eigenvalue weighted by Gasteiger charge is -2.16. The molecule has 0 aliphatic carbocycles. The molecule has 0 saturated heterocycles. The summed E-state index contributed by atoms with van der Waals surface area (Å²) in [6.45, 7) is 1.98. The lowest BCUT2D eigenvalue weighted by molar-refractivity contribution is -0.120. The number of imide groups is 1. The molecule has 0 unspecified atom stereocenters. The van der Waals surface area contributed by atoms with Crippen LogP contribution in [0.25, 0.3) is 0 Å². The maximum absolute atomic E-state index is 13.5. The number of amides is 2. The summed E-state index contributed by atoms with van der Waals surface area (Å²) in [6, 6.07) is 17.4. The van der Waals surface area contributed by atoms with Gasteiger partial charge in [0.25, 0.3) is 11.8 Å². The number of rotatable bonds is 7. The van der Waals surface area contributed by atoms with Gasteiger partial charge in [-0.2, -0.15) is 0 Å². The number of carbonyl (C=O) groups is 2. The molecule has 34 heavy (non-hydrogen) atoms. The van der Waals surface area contributed by atoms with Crippen LogP contribution in [0.4, 0.5) is 11.4 Å². The van der Waals surface area contributed by atoms with Crippen LogP contribution in [0.2, 0.25) is 10.0 Å². The van der Waals surface area contributed by atoms with E-state index in [0.717, 1.165) is 15.4 Å². The van der Waals surface area contributed by atoms with Crippen LogP contribution in [-0.2, 0) is 9.59 Å². The lowest BCUT2D eigenvalue weighted by atomic mass is 10.2. The van der Waals surface area contributed by atoms with E-state index in [4.69, 9.17) is 32.7 Å². The maximum atomic E-state index is 13.5. The van der Waals surface area contributed by atoms with Gasteiger partial charge in [0, 0.05) is 21.0 Å². The van der Waals surface area contributed by atoms with E-state index in [9.17, 15) is 9.59 Å². The van der Waals surface area contributed by atoms with Crippen molar-refractivity contribution in [3.05, 3.63) is 86.9 Å². The topological polar surface area (TPSA) is 67.9 Å². The first-order valence-electron chi connectivity index (χ1n) is 10.1. The molecule has 174 valence electrons. The van der Waals surface area contributed by atoms with E-state index in [2.05, 4.69) is 5.32 Å². The van der Waals surface area contributed by atoms with Crippen LogP contribution >= 0.6 is 35.0 Å². The minimum absolute atomic E-state index is 0.120. The van der Waals surface area contributed by atoms with Gasteiger partial charge in [0.15, 0.2) is 0 Å². The molecule has 6 nitrogen and oxygen atoms in total. The first-order valence-corrected chi connectivity index (χ1v) is 11.7. The second-order valence-corrected chi connectivity index (χ2v) is 9.34. The maximum Gasteiger partial charge on any atom is 0.283 e. The summed E-state index contributed by atoms with van der Waals surface area (Å²) in [5.41, 5.74) is 2.00. The largest absolute Gasteiger partial charge is 0.497 e. The van der Waals surface area contributed by atoms with Crippen LogP contribution < -0.4 is 19.7 Å². The Hall–Kier alpha value is -3.13. The van der Waals surface area contributed by atoms with E-state index in [1.165, 1.54) is 37.1 Å². The molecule has 0 fully saturated rings. The Bertz CT molecular complexity index is 1290. The van der Waals surface area contributed by atoms with Crippen molar-refractivity contribution in [3.63, 3.8) is 0 Å². The van der Waals surface area contributed by atoms with Gasteiger partial charge < -0.3 is 14.8 Å². The molecule has 1 heterocycles. The summed E-state index contributed by atoms with van der Waals surface area (Å²) in [6.07, 6.45) is 0. The molecule has 0 atom stereocenters. The van der Waals surface area contributed by atoms with E-state index in [-0.39, 0.29) is 16.3 Å². The Morgan fingerprint density at radius 1 is 0.853 bits per heavy atom. The van der Waals surface area contributed by atoms with Gasteiger partial charge in [0.2, 0.25) is 0 Å². The van der Waals surface area contributed by atoms with Crippen LogP contribution in [0, 0.1) is 6.92 Å². The van der Waals surface area contributed by atoms with Crippen LogP contribution in [0.3, 0.4) is 0 Å². The van der Waals surface area contributed by atoms with Gasteiger partial charge in [-0.25, -0.2) is 4.90 Å². The zero-order chi connectivity index (χ0) is 24.4. The third kappa shape index (κ3) is 4.87. The number of aryl methyl sites for hydroxylation is 1. The molecule has 1 aliphatic heterocycles. The van der Waals surface area contributed by atoms with E-state index in [0.29, 0.717) is 27.2 Å². The monoisotopic (exact) mass is 514 g/mol. The molecule has 1 N–H and O–H groups in total. The van der Waals surface area contributed by atoms with Crippen LogP contribution in [-0.4, -0.2) is 26.0 Å². The summed E-state index contributed by atoms with van der Waals surface area (Å²) < 4.78 is 10.7. The predicted molar refractivity (Wildman–Crippen MR) is 136 cm³/mol. The fourth-order valence-corrected chi connectivity index (χ4v) is 4.82. The second kappa shape index (κ2) is 10.0. The normalized spacial score (nSPS) is 13.5. The van der Waals surface area contributed by atoms with Gasteiger partial charge in [-0.15, -0.1) is 0 Å². The highest BCUT2D eigenvalue weighted by Gasteiger charge is 2.40. The lowest BCUT2D eigenvalue weighted by Crippen LogP contribution is -2.32. The number of ether oxygens (including phenoxy) is 2. The highest BCUT2D eigenvalue weighted by molar-refractivity contribution is 8.04. The van der Waals surface area contributed by atoms with Gasteiger partial charge in [-0.3, -0.25) is 9.59 Å². The van der Waals surface area contributed by atoms with Crippen molar-refractivity contribution in [2.45, 2.75) is 11.8 Å². The molecule has 0 spiro atoms. The van der Waals surface area contributed by atoms with Crippen LogP contribution in [0.5, 0.6) is 11.5 Å². The van der Waals surface area contributed by atoms with Crippen molar-refractivity contribution in [1.29, 1.82) is 0 Å². The number of carbonyl (C=O) groups excluding carboxylic acids is 2. The Kier molecular flexibility index (Phi) is 7.07. The summed E-state index contributed by atoms with van der Waals surface area (Å²) in [5.74, 6) is 0.0328. The molecule has 3 aromatic rings. The zero-order valence-electron chi connectivity index (χ0n) is 18.5. The minimum Gasteiger partial charge on any atom is -0.497 e. The van der Waals surface area contributed by atoms with E-state index in [1.54, 1.807) is 25.3 Å². The fraction of sp³-hybridized carbons (Fsp3) is 0.120. The molecule has 2 amide bonds. The molecule has 9 heteroatoms.